The molecule has 2 aromatic carbocycles. The van der Waals surface area contributed by atoms with E-state index in [4.69, 9.17) is 18.9 Å². The highest BCUT2D eigenvalue weighted by Crippen LogP contribution is 2.36. The van der Waals surface area contributed by atoms with Crippen molar-refractivity contribution in [3.63, 3.8) is 0 Å². The van der Waals surface area contributed by atoms with Crippen molar-refractivity contribution in [2.24, 2.45) is 5.92 Å². The number of carbonyl (C=O) groups is 1. The van der Waals surface area contributed by atoms with Gasteiger partial charge in [0.05, 0.1) is 28.4 Å². The molecule has 0 spiro atoms. The lowest BCUT2D eigenvalue weighted by Crippen LogP contribution is -2.44. The molecule has 2 heterocycles. The van der Waals surface area contributed by atoms with Gasteiger partial charge in [0, 0.05) is 26.2 Å². The van der Waals surface area contributed by atoms with Crippen LogP contribution in [0.1, 0.15) is 35.6 Å². The second-order valence-electron chi connectivity index (χ2n) is 9.59. The van der Waals surface area contributed by atoms with Gasteiger partial charge < -0.3 is 33.9 Å². The lowest BCUT2D eigenvalue weighted by Gasteiger charge is -2.35. The van der Waals surface area contributed by atoms with Crippen LogP contribution in [-0.2, 0) is 17.6 Å². The largest absolute Gasteiger partial charge is 0.493 e. The van der Waals surface area contributed by atoms with Gasteiger partial charge >= 0.3 is 0 Å². The normalized spacial score (nSPS) is 20.5. The van der Waals surface area contributed by atoms with Gasteiger partial charge in [-0.1, -0.05) is 6.07 Å². The summed E-state index contributed by atoms with van der Waals surface area (Å²) in [6.45, 7) is 4.20. The summed E-state index contributed by atoms with van der Waals surface area (Å²) in [4.78, 5) is 17.5. The van der Waals surface area contributed by atoms with Crippen LogP contribution in [0.4, 0.5) is 0 Å². The van der Waals surface area contributed by atoms with Crippen molar-refractivity contribution in [1.82, 2.24) is 9.80 Å². The first-order valence-electron chi connectivity index (χ1n) is 12.6. The van der Waals surface area contributed by atoms with Crippen molar-refractivity contribution in [3.05, 3.63) is 47.0 Å². The zero-order valence-electron chi connectivity index (χ0n) is 21.8. The molecule has 1 fully saturated rings. The van der Waals surface area contributed by atoms with E-state index in [9.17, 15) is 9.90 Å². The van der Waals surface area contributed by atoms with Gasteiger partial charge in [0.1, 0.15) is 0 Å². The van der Waals surface area contributed by atoms with E-state index in [0.717, 1.165) is 56.0 Å². The smallest absolute Gasteiger partial charge is 0.256 e. The van der Waals surface area contributed by atoms with Crippen molar-refractivity contribution in [2.75, 3.05) is 61.2 Å². The molecule has 2 atom stereocenters. The first-order valence-corrected chi connectivity index (χ1v) is 12.6. The topological polar surface area (TPSA) is 80.7 Å². The van der Waals surface area contributed by atoms with E-state index >= 15 is 0 Å². The molecule has 0 bridgehead atoms. The maximum atomic E-state index is 13.2. The molecule has 1 amide bonds. The summed E-state index contributed by atoms with van der Waals surface area (Å²) in [7, 11) is 6.45. The Balaban J connectivity index is 1.37. The molecule has 0 radical (unpaired) electrons. The van der Waals surface area contributed by atoms with Gasteiger partial charge in [0.25, 0.3) is 5.91 Å². The summed E-state index contributed by atoms with van der Waals surface area (Å²) in [5, 5.41) is 10.9. The molecular weight excluding hydrogens is 460 g/mol. The number of fused-ring (bicyclic) bond motifs is 1. The molecule has 4 rings (SSSR count). The summed E-state index contributed by atoms with van der Waals surface area (Å²) in [5.74, 6) is 2.77. The fourth-order valence-electron chi connectivity index (χ4n) is 5.40. The minimum Gasteiger partial charge on any atom is -0.493 e. The molecule has 2 aliphatic rings. The Hall–Kier alpha value is -2.97. The second kappa shape index (κ2) is 11.8. The fraction of sp³-hybridized carbons (Fsp3) is 0.536. The predicted octanol–water partition coefficient (Wildman–Crippen LogP) is 3.09. The number of nitrogens with zero attached hydrogens (tertiary/aromatic N) is 2. The summed E-state index contributed by atoms with van der Waals surface area (Å²) >= 11 is 0. The molecule has 2 unspecified atom stereocenters. The monoisotopic (exact) mass is 498 g/mol. The Morgan fingerprint density at radius 1 is 0.917 bits per heavy atom. The van der Waals surface area contributed by atoms with Crippen LogP contribution in [0.15, 0.2) is 30.3 Å². The average Bonchev–Trinajstić information content (AvgIpc) is 3.02. The molecule has 8 heteroatoms. The standard InChI is InChI=1S/C28H38N2O6/c1-33-23-8-7-19(14-24(23)34-2)9-12-29-11-5-6-20(17-29)18-30-13-10-21-15-25(35-3)26(36-4)16-22(21)27(31)28(30)32/h7-8,14-16,20,27,31H,5-6,9-13,17-18H2,1-4H3. The summed E-state index contributed by atoms with van der Waals surface area (Å²) in [6.07, 6.45) is 2.60. The first-order chi connectivity index (χ1) is 17.5. The van der Waals surface area contributed by atoms with Gasteiger partial charge in [-0.05, 0) is 79.1 Å². The van der Waals surface area contributed by atoms with Crippen LogP contribution in [0, 0.1) is 5.92 Å². The average molecular weight is 499 g/mol. The number of methoxy groups -OCH3 is 4. The third-order valence-electron chi connectivity index (χ3n) is 7.38. The zero-order valence-corrected chi connectivity index (χ0v) is 21.8. The number of carbonyl (C=O) groups excluding carboxylic acids is 1. The molecule has 0 saturated carbocycles. The van der Waals surface area contributed by atoms with E-state index in [0.29, 0.717) is 42.5 Å². The highest BCUT2D eigenvalue weighted by atomic mass is 16.5. The van der Waals surface area contributed by atoms with Crippen LogP contribution >= 0.6 is 0 Å². The number of aliphatic hydroxyl groups excluding tert-OH is 1. The number of hydrogen-bond donors (Lipinski definition) is 1. The predicted molar refractivity (Wildman–Crippen MR) is 137 cm³/mol. The van der Waals surface area contributed by atoms with Gasteiger partial charge in [-0.2, -0.15) is 0 Å². The van der Waals surface area contributed by atoms with Crippen molar-refractivity contribution >= 4 is 5.91 Å². The van der Waals surface area contributed by atoms with Crippen LogP contribution in [0.25, 0.3) is 0 Å². The lowest BCUT2D eigenvalue weighted by atomic mass is 9.96. The number of benzene rings is 2. The molecule has 36 heavy (non-hydrogen) atoms. The molecule has 1 saturated heterocycles. The zero-order chi connectivity index (χ0) is 25.7. The van der Waals surface area contributed by atoms with E-state index in [-0.39, 0.29) is 5.91 Å². The Morgan fingerprint density at radius 2 is 1.61 bits per heavy atom. The Morgan fingerprint density at radius 3 is 2.33 bits per heavy atom. The summed E-state index contributed by atoms with van der Waals surface area (Å²) < 4.78 is 21.6. The number of aliphatic hydroxyl groups is 1. The molecule has 8 nitrogen and oxygen atoms in total. The van der Waals surface area contributed by atoms with Gasteiger partial charge in [-0.25, -0.2) is 0 Å². The van der Waals surface area contributed by atoms with Crippen LogP contribution < -0.4 is 18.9 Å². The Labute approximate surface area is 213 Å². The minimum atomic E-state index is -1.19. The third-order valence-corrected chi connectivity index (χ3v) is 7.38. The van der Waals surface area contributed by atoms with Crippen LogP contribution in [0.3, 0.4) is 0 Å². The number of likely N-dealkylation sites (tertiary alicyclic amines) is 1. The van der Waals surface area contributed by atoms with E-state index in [2.05, 4.69) is 11.0 Å². The highest BCUT2D eigenvalue weighted by Gasteiger charge is 2.32. The Bertz CT molecular complexity index is 1060. The molecule has 2 aromatic rings. The van der Waals surface area contributed by atoms with Crippen molar-refractivity contribution in [3.8, 4) is 23.0 Å². The van der Waals surface area contributed by atoms with Crippen LogP contribution in [0.2, 0.25) is 0 Å². The van der Waals surface area contributed by atoms with E-state index in [1.807, 2.05) is 23.1 Å². The third kappa shape index (κ3) is 5.71. The molecule has 0 aliphatic carbocycles. The molecule has 0 aromatic heterocycles. The van der Waals surface area contributed by atoms with Gasteiger partial charge in [0.2, 0.25) is 0 Å². The van der Waals surface area contributed by atoms with E-state index < -0.39 is 6.10 Å². The second-order valence-corrected chi connectivity index (χ2v) is 9.59. The number of hydrogen-bond acceptors (Lipinski definition) is 7. The van der Waals surface area contributed by atoms with Gasteiger partial charge in [-0.15, -0.1) is 0 Å². The number of ether oxygens (including phenoxy) is 4. The van der Waals surface area contributed by atoms with Crippen molar-refractivity contribution in [2.45, 2.75) is 31.8 Å². The van der Waals surface area contributed by atoms with Crippen molar-refractivity contribution in [1.29, 1.82) is 0 Å². The SMILES string of the molecule is COc1ccc(CCN2CCCC(CN3CCc4cc(OC)c(OC)cc4C(O)C3=O)C2)cc1OC. The number of piperidine rings is 1. The molecular formula is C28H38N2O6. The number of amides is 1. The van der Waals surface area contributed by atoms with Crippen molar-refractivity contribution < 1.29 is 28.8 Å². The van der Waals surface area contributed by atoms with Gasteiger partial charge in [0.15, 0.2) is 29.1 Å². The van der Waals surface area contributed by atoms with Crippen LogP contribution in [-0.4, -0.2) is 82.0 Å². The molecule has 2 aliphatic heterocycles. The van der Waals surface area contributed by atoms with E-state index in [1.165, 1.54) is 5.56 Å². The maximum Gasteiger partial charge on any atom is 0.256 e. The number of rotatable bonds is 9. The molecule has 1 N–H and O–H groups in total. The molecule has 196 valence electrons. The van der Waals surface area contributed by atoms with Crippen LogP contribution in [0.5, 0.6) is 23.0 Å². The van der Waals surface area contributed by atoms with E-state index in [1.54, 1.807) is 34.5 Å². The first kappa shape index (κ1) is 26.1. The minimum absolute atomic E-state index is 0.233. The summed E-state index contributed by atoms with van der Waals surface area (Å²) in [6, 6.07) is 9.69. The highest BCUT2D eigenvalue weighted by molar-refractivity contribution is 5.83. The maximum absolute atomic E-state index is 13.2. The fourth-order valence-corrected chi connectivity index (χ4v) is 5.40. The lowest BCUT2D eigenvalue weighted by molar-refractivity contribution is -0.141. The quantitative estimate of drug-likeness (QED) is 0.569. The summed E-state index contributed by atoms with van der Waals surface area (Å²) in [5.41, 5.74) is 2.75. The van der Waals surface area contributed by atoms with Gasteiger partial charge in [-0.3, -0.25) is 4.79 Å². The Kier molecular flexibility index (Phi) is 8.59.